The average molecular weight is 157 g/mol. The maximum absolute atomic E-state index is 10.1. The van der Waals surface area contributed by atoms with Gasteiger partial charge in [0.05, 0.1) is 0 Å². The van der Waals surface area contributed by atoms with Crippen LogP contribution < -0.4 is 0 Å². The van der Waals surface area contributed by atoms with Crippen LogP contribution in [-0.2, 0) is 4.79 Å². The number of hydrogen-bond donors (Lipinski definition) is 1. The summed E-state index contributed by atoms with van der Waals surface area (Å²) in [7, 11) is 0. The Balaban J connectivity index is 3.29. The summed E-state index contributed by atoms with van der Waals surface area (Å²) in [6.07, 6.45) is 5.59. The molecular weight excluding hydrogens is 142 g/mol. The number of unbranched alkanes of at least 4 members (excludes halogenated alkanes) is 3. The minimum atomic E-state index is 0.251. The van der Waals surface area contributed by atoms with Gasteiger partial charge in [-0.05, 0) is 12.8 Å². The molecule has 0 radical (unpaired) electrons. The van der Waals surface area contributed by atoms with Crippen molar-refractivity contribution >= 4 is 12.0 Å². The third kappa shape index (κ3) is 5.58. The Bertz CT molecular complexity index is 132. The second kappa shape index (κ2) is 7.25. The first-order chi connectivity index (χ1) is 5.35. The highest BCUT2D eigenvalue weighted by atomic mass is 16.4. The monoisotopic (exact) mass is 157 g/mol. The number of aldehydes is 1. The molecule has 0 spiro atoms. The molecule has 0 aromatic carbocycles. The van der Waals surface area contributed by atoms with E-state index in [9.17, 15) is 4.79 Å². The highest BCUT2D eigenvalue weighted by Crippen LogP contribution is 2.02. The number of nitrogens with zero attached hydrogens (tertiary/aromatic N) is 1. The van der Waals surface area contributed by atoms with Crippen LogP contribution in [0.2, 0.25) is 0 Å². The van der Waals surface area contributed by atoms with Crippen molar-refractivity contribution in [2.24, 2.45) is 5.16 Å². The van der Waals surface area contributed by atoms with Gasteiger partial charge in [0.1, 0.15) is 5.71 Å². The minimum absolute atomic E-state index is 0.251. The van der Waals surface area contributed by atoms with Gasteiger partial charge in [-0.15, -0.1) is 0 Å². The summed E-state index contributed by atoms with van der Waals surface area (Å²) < 4.78 is 0. The molecule has 0 aliphatic heterocycles. The van der Waals surface area contributed by atoms with Crippen LogP contribution in [0.4, 0.5) is 0 Å². The quantitative estimate of drug-likeness (QED) is 0.211. The molecule has 0 rings (SSSR count). The number of carbonyl (C=O) groups is 1. The summed E-state index contributed by atoms with van der Waals surface area (Å²) in [5, 5.41) is 11.1. The molecule has 0 fully saturated rings. The topological polar surface area (TPSA) is 49.7 Å². The zero-order valence-corrected chi connectivity index (χ0v) is 6.92. The van der Waals surface area contributed by atoms with E-state index in [4.69, 9.17) is 5.21 Å². The molecule has 11 heavy (non-hydrogen) atoms. The van der Waals surface area contributed by atoms with Gasteiger partial charge < -0.3 is 5.21 Å². The lowest BCUT2D eigenvalue weighted by Crippen LogP contribution is -1.98. The zero-order valence-electron chi connectivity index (χ0n) is 6.92. The van der Waals surface area contributed by atoms with Crippen LogP contribution in [0.15, 0.2) is 5.16 Å². The fourth-order valence-corrected chi connectivity index (χ4v) is 0.865. The third-order valence-electron chi connectivity index (χ3n) is 1.55. The number of carbonyl (C=O) groups excluding carboxylic acids is 1. The van der Waals surface area contributed by atoms with E-state index < -0.39 is 0 Å². The molecule has 0 unspecified atom stereocenters. The molecule has 1 N–H and O–H groups in total. The Labute approximate surface area is 67.1 Å². The van der Waals surface area contributed by atoms with E-state index in [1.54, 1.807) is 0 Å². The van der Waals surface area contributed by atoms with Gasteiger partial charge >= 0.3 is 0 Å². The molecule has 0 amide bonds. The lowest BCUT2D eigenvalue weighted by Gasteiger charge is -1.95. The summed E-state index contributed by atoms with van der Waals surface area (Å²) >= 11 is 0. The van der Waals surface area contributed by atoms with Crippen molar-refractivity contribution in [2.75, 3.05) is 0 Å². The number of hydrogen-bond acceptors (Lipinski definition) is 3. The van der Waals surface area contributed by atoms with Crippen molar-refractivity contribution in [1.82, 2.24) is 0 Å². The van der Waals surface area contributed by atoms with Gasteiger partial charge in [-0.1, -0.05) is 31.3 Å². The molecule has 0 heterocycles. The van der Waals surface area contributed by atoms with Gasteiger partial charge in [0.15, 0.2) is 6.29 Å². The first kappa shape index (κ1) is 10.1. The van der Waals surface area contributed by atoms with E-state index in [1.807, 2.05) is 0 Å². The number of rotatable bonds is 6. The predicted octanol–water partition coefficient (Wildman–Crippen LogP) is 1.99. The molecule has 0 saturated carbocycles. The fraction of sp³-hybridized carbons (Fsp3) is 0.750. The van der Waals surface area contributed by atoms with Crippen molar-refractivity contribution in [3.8, 4) is 0 Å². The Morgan fingerprint density at radius 2 is 2.18 bits per heavy atom. The van der Waals surface area contributed by atoms with Gasteiger partial charge in [-0.2, -0.15) is 0 Å². The summed E-state index contributed by atoms with van der Waals surface area (Å²) in [6, 6.07) is 0. The van der Waals surface area contributed by atoms with E-state index in [2.05, 4.69) is 12.1 Å². The average Bonchev–Trinajstić information content (AvgIpc) is 2.05. The van der Waals surface area contributed by atoms with Crippen LogP contribution in [0.25, 0.3) is 0 Å². The van der Waals surface area contributed by atoms with Crippen LogP contribution >= 0.6 is 0 Å². The Morgan fingerprint density at radius 3 is 2.64 bits per heavy atom. The molecule has 0 aromatic heterocycles. The Morgan fingerprint density at radius 1 is 1.45 bits per heavy atom. The first-order valence-electron chi connectivity index (χ1n) is 4.01. The molecule has 0 bridgehead atoms. The summed E-state index contributed by atoms with van der Waals surface area (Å²) in [5.41, 5.74) is 0.251. The van der Waals surface area contributed by atoms with Crippen LogP contribution in [0, 0.1) is 0 Å². The lowest BCUT2D eigenvalue weighted by molar-refractivity contribution is -0.102. The Kier molecular flexibility index (Phi) is 6.68. The molecule has 64 valence electrons. The minimum Gasteiger partial charge on any atom is -0.411 e. The van der Waals surface area contributed by atoms with E-state index in [0.29, 0.717) is 12.7 Å². The smallest absolute Gasteiger partial charge is 0.167 e. The number of oxime groups is 1. The van der Waals surface area contributed by atoms with Crippen LogP contribution in [0.3, 0.4) is 0 Å². The van der Waals surface area contributed by atoms with Crippen LogP contribution in [0.5, 0.6) is 0 Å². The van der Waals surface area contributed by atoms with Crippen molar-refractivity contribution in [1.29, 1.82) is 0 Å². The lowest BCUT2D eigenvalue weighted by atomic mass is 10.1. The molecule has 0 aliphatic carbocycles. The van der Waals surface area contributed by atoms with Crippen LogP contribution in [-0.4, -0.2) is 17.2 Å². The second-order valence-electron chi connectivity index (χ2n) is 2.52. The summed E-state index contributed by atoms with van der Waals surface area (Å²) in [6.45, 7) is 2.13. The van der Waals surface area contributed by atoms with E-state index in [-0.39, 0.29) is 5.71 Å². The maximum Gasteiger partial charge on any atom is 0.167 e. The van der Waals surface area contributed by atoms with Gasteiger partial charge in [0.2, 0.25) is 0 Å². The first-order valence-corrected chi connectivity index (χ1v) is 4.01. The van der Waals surface area contributed by atoms with Gasteiger partial charge in [-0.25, -0.2) is 0 Å². The summed E-state index contributed by atoms with van der Waals surface area (Å²) in [5.74, 6) is 0. The second-order valence-corrected chi connectivity index (χ2v) is 2.52. The van der Waals surface area contributed by atoms with Crippen molar-refractivity contribution < 1.29 is 10.0 Å². The van der Waals surface area contributed by atoms with E-state index in [1.165, 1.54) is 12.8 Å². The zero-order chi connectivity index (χ0) is 8.53. The Hall–Kier alpha value is -0.860. The standard InChI is InChI=1S/C8H15NO2/c1-2-3-4-5-6-8(7-10)9-11/h7,11H,2-6H2,1H3. The van der Waals surface area contributed by atoms with Crippen LogP contribution in [0.1, 0.15) is 39.0 Å². The van der Waals surface area contributed by atoms with E-state index in [0.717, 1.165) is 12.8 Å². The molecule has 0 aliphatic rings. The fourth-order valence-electron chi connectivity index (χ4n) is 0.865. The largest absolute Gasteiger partial charge is 0.411 e. The molecule has 3 heteroatoms. The van der Waals surface area contributed by atoms with Crippen molar-refractivity contribution in [2.45, 2.75) is 39.0 Å². The van der Waals surface area contributed by atoms with Crippen molar-refractivity contribution in [3.05, 3.63) is 0 Å². The maximum atomic E-state index is 10.1. The molecule has 3 nitrogen and oxygen atoms in total. The normalized spacial score (nSPS) is 11.5. The van der Waals surface area contributed by atoms with Gasteiger partial charge in [0, 0.05) is 0 Å². The highest BCUT2D eigenvalue weighted by molar-refractivity contribution is 6.27. The summed E-state index contributed by atoms with van der Waals surface area (Å²) in [4.78, 5) is 10.1. The highest BCUT2D eigenvalue weighted by Gasteiger charge is 1.96. The van der Waals surface area contributed by atoms with E-state index >= 15 is 0 Å². The SMILES string of the molecule is CCCCCCC(C=O)=NO. The molecular formula is C8H15NO2. The molecule has 0 saturated heterocycles. The third-order valence-corrected chi connectivity index (χ3v) is 1.55. The predicted molar refractivity (Wildman–Crippen MR) is 44.0 cm³/mol. The van der Waals surface area contributed by atoms with Gasteiger partial charge in [0.25, 0.3) is 0 Å². The van der Waals surface area contributed by atoms with Gasteiger partial charge in [-0.3, -0.25) is 4.79 Å². The molecule has 0 aromatic rings. The molecule has 0 atom stereocenters. The van der Waals surface area contributed by atoms with Crippen molar-refractivity contribution in [3.63, 3.8) is 0 Å².